The molecular formula is C49H75NO11. The highest BCUT2D eigenvalue weighted by Gasteiger charge is 2.53. The summed E-state index contributed by atoms with van der Waals surface area (Å²) in [5, 5.41) is 33.9. The summed E-state index contributed by atoms with van der Waals surface area (Å²) in [6.07, 6.45) is 14.9. The lowest BCUT2D eigenvalue weighted by molar-refractivity contribution is -0.265. The van der Waals surface area contributed by atoms with Crippen LogP contribution in [0.1, 0.15) is 138 Å². The standard InChI is InChI=1S/C49H75NO11/c1-30-14-10-9-11-15-31(2)41(51)27-39-20-17-36(7)49(58,61-39)46(55)47(56)50-23-13-12-16-40(50)48(57)60-45(35(6)26-37-18-21-38(59-8)22-19-37)29-44(54)34(5)25-33(4)43(53)28-42(52)32(3)24-30/h9-11,14-15,25,30,32,34-41,43,45,51,53,58H,12-13,16-24,26-29H2,1-8H3/b11-9+,14-10+,31-15+,33-25+/t30-,32-,34-,35-,36-,37-,38-,39+,40+,41+,43+,45+,49-/m1/s1. The minimum absolute atomic E-state index is 0.0707. The van der Waals surface area contributed by atoms with E-state index in [1.807, 2.05) is 39.0 Å². The first-order valence-electron chi connectivity index (χ1n) is 22.9. The van der Waals surface area contributed by atoms with Crippen molar-refractivity contribution in [3.63, 3.8) is 0 Å². The van der Waals surface area contributed by atoms with Crippen molar-refractivity contribution in [1.82, 2.24) is 4.90 Å². The Balaban J connectivity index is 1.64. The molecule has 4 rings (SSSR count). The van der Waals surface area contributed by atoms with E-state index in [1.165, 1.54) is 4.90 Å². The van der Waals surface area contributed by atoms with E-state index in [0.717, 1.165) is 25.7 Å². The number of aliphatic hydroxyl groups is 3. The molecule has 3 fully saturated rings. The molecular weight excluding hydrogens is 779 g/mol. The molecule has 342 valence electrons. The highest BCUT2D eigenvalue weighted by molar-refractivity contribution is 6.39. The van der Waals surface area contributed by atoms with Crippen LogP contribution in [-0.2, 0) is 38.2 Å². The molecule has 1 amide bonds. The molecule has 0 unspecified atom stereocenters. The van der Waals surface area contributed by atoms with E-state index in [2.05, 4.69) is 0 Å². The third-order valence-corrected chi connectivity index (χ3v) is 13.9. The van der Waals surface area contributed by atoms with Crippen LogP contribution in [0, 0.1) is 35.5 Å². The number of amides is 1. The molecule has 12 nitrogen and oxygen atoms in total. The molecule has 11 atom stereocenters. The molecule has 1 saturated carbocycles. The fourth-order valence-electron chi connectivity index (χ4n) is 9.45. The Hall–Kier alpha value is -3.29. The van der Waals surface area contributed by atoms with Crippen LogP contribution < -0.4 is 0 Å². The largest absolute Gasteiger partial charge is 0.460 e. The van der Waals surface area contributed by atoms with Gasteiger partial charge in [-0.15, -0.1) is 0 Å². The van der Waals surface area contributed by atoms with Gasteiger partial charge in [-0.1, -0.05) is 71.1 Å². The van der Waals surface area contributed by atoms with Crippen molar-refractivity contribution in [3.05, 3.63) is 47.6 Å². The van der Waals surface area contributed by atoms with E-state index in [-0.39, 0.29) is 67.7 Å². The maximum absolute atomic E-state index is 14.2. The lowest BCUT2D eigenvalue weighted by Crippen LogP contribution is -2.61. The van der Waals surface area contributed by atoms with Gasteiger partial charge in [0.1, 0.15) is 23.7 Å². The van der Waals surface area contributed by atoms with Crippen molar-refractivity contribution in [1.29, 1.82) is 0 Å². The summed E-state index contributed by atoms with van der Waals surface area (Å²) in [4.78, 5) is 70.7. The van der Waals surface area contributed by atoms with Gasteiger partial charge in [0.2, 0.25) is 5.79 Å². The first-order valence-corrected chi connectivity index (χ1v) is 22.9. The number of esters is 1. The van der Waals surface area contributed by atoms with Gasteiger partial charge in [0.05, 0.1) is 24.4 Å². The molecule has 4 aliphatic rings. The number of fused-ring (bicyclic) bond motifs is 3. The van der Waals surface area contributed by atoms with Gasteiger partial charge in [-0.2, -0.15) is 0 Å². The Morgan fingerprint density at radius 1 is 0.836 bits per heavy atom. The summed E-state index contributed by atoms with van der Waals surface area (Å²) < 4.78 is 17.8. The summed E-state index contributed by atoms with van der Waals surface area (Å²) in [6.45, 7) is 12.8. The van der Waals surface area contributed by atoms with Crippen molar-refractivity contribution in [2.45, 2.75) is 181 Å². The second kappa shape index (κ2) is 23.4. The highest BCUT2D eigenvalue weighted by atomic mass is 16.6. The van der Waals surface area contributed by atoms with Crippen LogP contribution in [0.15, 0.2) is 47.6 Å². The van der Waals surface area contributed by atoms with Crippen molar-refractivity contribution in [3.8, 4) is 0 Å². The minimum Gasteiger partial charge on any atom is -0.460 e. The summed E-state index contributed by atoms with van der Waals surface area (Å²) in [7, 11) is 1.72. The van der Waals surface area contributed by atoms with Crippen molar-refractivity contribution < 1.29 is 53.5 Å². The molecule has 0 aromatic carbocycles. The molecule has 0 aromatic rings. The van der Waals surface area contributed by atoms with Crippen molar-refractivity contribution in [2.24, 2.45) is 35.5 Å². The van der Waals surface area contributed by atoms with Gasteiger partial charge >= 0.3 is 5.97 Å². The number of rotatable bonds is 4. The van der Waals surface area contributed by atoms with Crippen LogP contribution in [-0.4, -0.2) is 105 Å². The zero-order valence-electron chi connectivity index (χ0n) is 38.1. The third-order valence-electron chi connectivity index (χ3n) is 13.9. The molecule has 1 aliphatic carbocycles. The van der Waals surface area contributed by atoms with Gasteiger partial charge in [0.15, 0.2) is 0 Å². The number of methoxy groups -OCH3 is 1. The van der Waals surface area contributed by atoms with E-state index in [9.17, 15) is 39.3 Å². The average Bonchev–Trinajstić information content (AvgIpc) is 3.23. The molecule has 3 N–H and O–H groups in total. The number of allylic oxidation sites excluding steroid dienone is 6. The SMILES string of the molecule is CO[C@H]1CC[C@H](C[C@@H](C)[C@@H]2CC(=O)[C@H](C)/C=C(\C)[C@@H](O)CC(=O)[C@H](C)C[C@H](C)/C=C/C=C/C=C(\C)[C@@H](O)C[C@@H]3CC[C@@H](C)[C@@](O)(O3)C(=O)C(=O)N3CCCC[C@H]3C(=O)O2)CC1. The van der Waals surface area contributed by atoms with Gasteiger partial charge in [0, 0.05) is 50.7 Å². The average molecular weight is 854 g/mol. The fraction of sp³-hybridized carbons (Fsp3) is 0.735. The normalized spacial score (nSPS) is 39.8. The Labute approximate surface area is 364 Å². The molecule has 0 aromatic heterocycles. The van der Waals surface area contributed by atoms with E-state index in [4.69, 9.17) is 14.2 Å². The lowest BCUT2D eigenvalue weighted by Gasteiger charge is -2.42. The van der Waals surface area contributed by atoms with E-state index in [1.54, 1.807) is 53.0 Å². The molecule has 12 heteroatoms. The fourth-order valence-corrected chi connectivity index (χ4v) is 9.45. The molecule has 0 spiro atoms. The Morgan fingerprint density at radius 2 is 1.54 bits per heavy atom. The Morgan fingerprint density at radius 3 is 2.23 bits per heavy atom. The summed E-state index contributed by atoms with van der Waals surface area (Å²) in [6, 6.07) is -1.10. The Kier molecular flexibility index (Phi) is 19.3. The molecule has 2 saturated heterocycles. The van der Waals surface area contributed by atoms with Gasteiger partial charge in [-0.25, -0.2) is 4.79 Å². The zero-order chi connectivity index (χ0) is 45.0. The first-order chi connectivity index (χ1) is 28.8. The van der Waals surface area contributed by atoms with E-state index in [0.29, 0.717) is 55.6 Å². The number of nitrogens with zero attached hydrogens (tertiary/aromatic N) is 1. The van der Waals surface area contributed by atoms with E-state index < -0.39 is 65.7 Å². The van der Waals surface area contributed by atoms with Gasteiger partial charge in [0.25, 0.3) is 11.7 Å². The molecule has 3 heterocycles. The maximum Gasteiger partial charge on any atom is 0.329 e. The lowest BCUT2D eigenvalue weighted by atomic mass is 9.79. The molecule has 61 heavy (non-hydrogen) atoms. The summed E-state index contributed by atoms with van der Waals surface area (Å²) in [5.41, 5.74) is 1.16. The molecule has 0 radical (unpaired) electrons. The predicted octanol–water partition coefficient (Wildman–Crippen LogP) is 6.93. The molecule has 2 bridgehead atoms. The highest BCUT2D eigenvalue weighted by Crippen LogP contribution is 2.37. The van der Waals surface area contributed by atoms with Crippen molar-refractivity contribution in [2.75, 3.05) is 13.7 Å². The maximum atomic E-state index is 14.2. The van der Waals surface area contributed by atoms with E-state index >= 15 is 0 Å². The van der Waals surface area contributed by atoms with Crippen LogP contribution in [0.4, 0.5) is 0 Å². The van der Waals surface area contributed by atoms with Gasteiger partial charge in [-0.3, -0.25) is 19.2 Å². The summed E-state index contributed by atoms with van der Waals surface area (Å²) in [5.74, 6) is -7.05. The number of carbonyl (C=O) groups excluding carboxylic acids is 5. The number of piperidine rings is 1. The first kappa shape index (κ1) is 50.4. The van der Waals surface area contributed by atoms with Crippen LogP contribution in [0.3, 0.4) is 0 Å². The topological polar surface area (TPSA) is 177 Å². The van der Waals surface area contributed by atoms with Crippen LogP contribution in [0.25, 0.3) is 0 Å². The summed E-state index contributed by atoms with van der Waals surface area (Å²) >= 11 is 0. The van der Waals surface area contributed by atoms with Crippen LogP contribution in [0.5, 0.6) is 0 Å². The zero-order valence-corrected chi connectivity index (χ0v) is 38.1. The van der Waals surface area contributed by atoms with Crippen LogP contribution in [0.2, 0.25) is 0 Å². The second-order valence-electron chi connectivity index (χ2n) is 18.9. The molecule has 3 aliphatic heterocycles. The second-order valence-corrected chi connectivity index (χ2v) is 18.9. The number of hydrogen-bond donors (Lipinski definition) is 3. The number of ether oxygens (including phenoxy) is 3. The Bertz CT molecular complexity index is 1640. The monoisotopic (exact) mass is 854 g/mol. The number of Topliss-reactive ketones (excluding diaryl/α,β-unsaturated/α-hetero) is 3. The number of hydrogen-bond acceptors (Lipinski definition) is 11. The number of cyclic esters (lactones) is 1. The number of ketones is 3. The van der Waals surface area contributed by atoms with Crippen LogP contribution >= 0.6 is 0 Å². The van der Waals surface area contributed by atoms with Gasteiger partial charge < -0.3 is 34.4 Å². The van der Waals surface area contributed by atoms with Crippen molar-refractivity contribution >= 4 is 29.2 Å². The quantitative estimate of drug-likeness (QED) is 0.152. The predicted molar refractivity (Wildman–Crippen MR) is 233 cm³/mol. The number of carbonyl (C=O) groups is 5. The third kappa shape index (κ3) is 14.1. The minimum atomic E-state index is -2.45. The van der Waals surface area contributed by atoms with Gasteiger partial charge in [-0.05, 0) is 113 Å². The number of aliphatic hydroxyl groups excluding tert-OH is 2. The smallest absolute Gasteiger partial charge is 0.329 e.